The average Bonchev–Trinajstić information content (AvgIpc) is 1.59. The maximum Gasteiger partial charge on any atom is 0.435 e. The summed E-state index contributed by atoms with van der Waals surface area (Å²) in [6, 6.07) is 17.0. The first-order valence-corrected chi connectivity index (χ1v) is 42.3. The van der Waals surface area contributed by atoms with Crippen molar-refractivity contribution in [2.75, 3.05) is 26.2 Å². The van der Waals surface area contributed by atoms with Crippen molar-refractivity contribution in [1.29, 1.82) is 0 Å². The van der Waals surface area contributed by atoms with Gasteiger partial charge in [0.25, 0.3) is 11.2 Å². The second kappa shape index (κ2) is 35.5. The fraction of sp³-hybridized carbons (Fsp3) is 0.644. The number of benzene rings is 2. The first kappa shape index (κ1) is 93.6. The molecule has 4 N–H and O–H groups in total. The predicted molar refractivity (Wildman–Crippen MR) is 444 cm³/mol. The average molecular weight is 1710 g/mol. The fourth-order valence-electron chi connectivity index (χ4n) is 17.9. The molecule has 2 unspecified atom stereocenters. The van der Waals surface area contributed by atoms with Gasteiger partial charge in [0.2, 0.25) is 23.6 Å². The SMILES string of the molecule is Cc1cc(C(C(=O)N2C[C@H](O)CC2C2=NC(C)(C)C(C)(C)C2)C(C)C)on1.Cc1cc([C@H](C(=O)N2C[C@H](O)C[C@H]2C2=NC(C)(C)C(C)(C)C2)C(C)C)on1.Cc1ccc([C@@]2(C(F)(F)F)CC([C@@H]3C[C@@H](O)CN3C(=O)[C@H](c3cc(C)no3)C(C)C)=NO2)cc1.Cc1ccc([C@]2(C(F)(F)F)CC([C@@H]3C[C@@H](O)CN3C(=O)[C@@H](c3cc(C)no3)C(C)C)=NO2)cc1. The maximum absolute atomic E-state index is 14.3. The topological polar surface area (TPSA) is 334 Å². The van der Waals surface area contributed by atoms with Crippen LogP contribution in [-0.4, -0.2) is 205 Å². The summed E-state index contributed by atoms with van der Waals surface area (Å²) in [5, 5.41) is 64.8. The highest BCUT2D eigenvalue weighted by atomic mass is 19.4. The van der Waals surface area contributed by atoms with E-state index in [2.05, 4.69) is 86.3 Å². The summed E-state index contributed by atoms with van der Waals surface area (Å²) in [5.74, 6) is -1.13. The molecule has 4 saturated heterocycles. The number of amides is 4. The molecule has 14 rings (SSSR count). The number of carbonyl (C=O) groups excluding carboxylic acids is 4. The summed E-state index contributed by atoms with van der Waals surface area (Å²) in [6.45, 7) is 44.3. The van der Waals surface area contributed by atoms with Crippen molar-refractivity contribution in [2.24, 2.45) is 54.8 Å². The third kappa shape index (κ3) is 19.1. The fourth-order valence-corrected chi connectivity index (χ4v) is 17.9. The van der Waals surface area contributed by atoms with Crippen LogP contribution >= 0.6 is 0 Å². The molecule has 0 spiro atoms. The Balaban J connectivity index is 0.000000160. The summed E-state index contributed by atoms with van der Waals surface area (Å²) in [6.07, 6.45) is -10.5. The number of aliphatic hydroxyl groups excluding tert-OH is 4. The van der Waals surface area contributed by atoms with Gasteiger partial charge in [-0.2, -0.15) is 26.3 Å². The van der Waals surface area contributed by atoms with E-state index in [0.717, 1.165) is 46.8 Å². The van der Waals surface area contributed by atoms with Gasteiger partial charge in [-0.15, -0.1) is 0 Å². The van der Waals surface area contributed by atoms with E-state index in [9.17, 15) is 65.9 Å². The summed E-state index contributed by atoms with van der Waals surface area (Å²) in [4.78, 5) is 80.8. The molecule has 0 bridgehead atoms. The zero-order valence-electron chi connectivity index (χ0n) is 74.2. The van der Waals surface area contributed by atoms with E-state index in [-0.39, 0.29) is 130 Å². The normalized spacial score (nSPS) is 26.9. The molecule has 0 saturated carbocycles. The number of aryl methyl sites for hydroxylation is 6. The van der Waals surface area contributed by atoms with Crippen LogP contribution in [0.25, 0.3) is 0 Å². The van der Waals surface area contributed by atoms with Crippen LogP contribution in [0.3, 0.4) is 0 Å². The number of halogens is 6. The Morgan fingerprint density at radius 1 is 0.377 bits per heavy atom. The molecular weight excluding hydrogens is 1590 g/mol. The monoisotopic (exact) mass is 1710 g/mol. The number of aliphatic hydroxyl groups is 4. The number of nitrogens with zero attached hydrogens (tertiary/aromatic N) is 12. The third-order valence-electron chi connectivity index (χ3n) is 26.2. The Kier molecular flexibility index (Phi) is 27.2. The molecule has 8 aliphatic heterocycles. The molecule has 0 radical (unpaired) electrons. The lowest BCUT2D eigenvalue weighted by atomic mass is 9.74. The molecule has 122 heavy (non-hydrogen) atoms. The first-order chi connectivity index (χ1) is 56.7. The van der Waals surface area contributed by atoms with Gasteiger partial charge >= 0.3 is 12.4 Å². The number of alkyl halides is 6. The molecule has 0 aliphatic carbocycles. The van der Waals surface area contributed by atoms with Crippen molar-refractivity contribution >= 4 is 46.5 Å². The van der Waals surface area contributed by atoms with E-state index in [1.807, 2.05) is 91.2 Å². The molecule has 2 aromatic carbocycles. The lowest BCUT2D eigenvalue weighted by Gasteiger charge is -2.32. The van der Waals surface area contributed by atoms with Gasteiger partial charge in [0.1, 0.15) is 46.7 Å². The van der Waals surface area contributed by atoms with Crippen LogP contribution in [0, 0.1) is 76.0 Å². The van der Waals surface area contributed by atoms with Gasteiger partial charge in [-0.05, 0) is 117 Å². The molecule has 32 heteroatoms. The summed E-state index contributed by atoms with van der Waals surface area (Å²) in [7, 11) is 0. The van der Waals surface area contributed by atoms with E-state index < -0.39 is 96.6 Å². The van der Waals surface area contributed by atoms with Crippen LogP contribution in [0.15, 0.2) is 111 Å². The zero-order chi connectivity index (χ0) is 90.0. The number of aromatic nitrogens is 4. The molecular formula is C90H122F6N12O14. The maximum atomic E-state index is 14.3. The van der Waals surface area contributed by atoms with E-state index >= 15 is 0 Å². The van der Waals surface area contributed by atoms with Crippen LogP contribution < -0.4 is 0 Å². The molecule has 668 valence electrons. The molecule has 6 aromatic rings. The Morgan fingerprint density at radius 3 is 0.795 bits per heavy atom. The number of hydrogen-bond acceptors (Lipinski definition) is 22. The standard InChI is InChI=1S/2C24H28F3N3O4.2C21H33N3O3/c2*1-13(2)21(20-9-15(4)28-33-20)22(32)30-12-17(31)10-19(30)18-11-23(34-29-18,24(25,26)27)16-7-5-14(3)6-8-16;2*1-12(2)18(17-8-13(3)23-27-17)19(26)24-11-14(25)9-16(24)15-10-20(4,5)21(6,7)22-15/h2*5-9,13,17,19,21,31H,10-12H2,1-4H3;2*8,12,14,16,18,25H,9-11H2,1-7H3/t17-,19+,21+,23-;17-,19+,21-,23+;14-,16?,18?;14-,16+,18-/m1111/s1. The van der Waals surface area contributed by atoms with Crippen molar-refractivity contribution in [1.82, 2.24) is 40.2 Å². The number of aliphatic imine (C=N–C) groups is 2. The number of oxime groups is 2. The lowest BCUT2D eigenvalue weighted by Crippen LogP contribution is -2.47. The molecule has 4 aromatic heterocycles. The van der Waals surface area contributed by atoms with Gasteiger partial charge < -0.3 is 67.8 Å². The smallest absolute Gasteiger partial charge is 0.391 e. The van der Waals surface area contributed by atoms with Crippen molar-refractivity contribution in [3.8, 4) is 0 Å². The van der Waals surface area contributed by atoms with Crippen LogP contribution in [0.5, 0.6) is 0 Å². The highest BCUT2D eigenvalue weighted by molar-refractivity contribution is 6.00. The first-order valence-electron chi connectivity index (χ1n) is 42.3. The summed E-state index contributed by atoms with van der Waals surface area (Å²) < 4.78 is 107. The zero-order valence-corrected chi connectivity index (χ0v) is 74.2. The Morgan fingerprint density at radius 2 is 0.607 bits per heavy atom. The van der Waals surface area contributed by atoms with Gasteiger partial charge in [0, 0.05) is 112 Å². The second-order valence-electron chi connectivity index (χ2n) is 38.5. The Hall–Kier alpha value is -9.14. The minimum absolute atomic E-state index is 0.00656. The minimum atomic E-state index is -4.74. The number of likely N-dealkylation sites (tertiary alicyclic amines) is 4. The Labute approximate surface area is 709 Å². The van der Waals surface area contributed by atoms with Gasteiger partial charge in [0.15, 0.2) is 0 Å². The van der Waals surface area contributed by atoms with Gasteiger partial charge in [-0.25, -0.2) is 0 Å². The van der Waals surface area contributed by atoms with Crippen LogP contribution in [0.1, 0.15) is 254 Å². The van der Waals surface area contributed by atoms with Crippen LogP contribution in [0.2, 0.25) is 0 Å². The molecule has 12 heterocycles. The largest absolute Gasteiger partial charge is 0.435 e. The molecule has 14 atom stereocenters. The lowest BCUT2D eigenvalue weighted by molar-refractivity contribution is -0.276. The van der Waals surface area contributed by atoms with Crippen molar-refractivity contribution < 1.29 is 93.7 Å². The van der Waals surface area contributed by atoms with Crippen molar-refractivity contribution in [3.63, 3.8) is 0 Å². The summed E-state index contributed by atoms with van der Waals surface area (Å²) in [5.41, 5.74) is 0.956. The van der Waals surface area contributed by atoms with E-state index in [0.29, 0.717) is 60.4 Å². The summed E-state index contributed by atoms with van der Waals surface area (Å²) >= 11 is 0. The van der Waals surface area contributed by atoms with Crippen molar-refractivity contribution in [2.45, 2.75) is 311 Å². The van der Waals surface area contributed by atoms with Gasteiger partial charge in [-0.1, -0.05) is 174 Å². The number of carbonyl (C=O) groups is 4. The van der Waals surface area contributed by atoms with E-state index in [4.69, 9.17) is 37.8 Å². The van der Waals surface area contributed by atoms with Crippen LogP contribution in [-0.2, 0) is 40.1 Å². The second-order valence-corrected chi connectivity index (χ2v) is 38.5. The molecule has 4 fully saturated rings. The van der Waals surface area contributed by atoms with Gasteiger partial charge in [-0.3, -0.25) is 29.2 Å². The number of hydrogen-bond donors (Lipinski definition) is 4. The quantitative estimate of drug-likeness (QED) is 0.0581. The molecule has 26 nitrogen and oxygen atoms in total. The number of β-amino-alcohol motifs (C(OH)–C–C–N with tert-alkyl or cyclic N) is 4. The predicted octanol–water partition coefficient (Wildman–Crippen LogP) is 15.1. The minimum Gasteiger partial charge on any atom is -0.391 e. The van der Waals surface area contributed by atoms with Gasteiger partial charge in [0.05, 0.1) is 93.9 Å². The van der Waals surface area contributed by atoms with E-state index in [1.165, 1.54) is 34.1 Å². The molecule has 4 amide bonds. The highest BCUT2D eigenvalue weighted by Crippen LogP contribution is 2.53. The molecule has 8 aliphatic rings. The van der Waals surface area contributed by atoms with E-state index in [1.54, 1.807) is 64.1 Å². The highest BCUT2D eigenvalue weighted by Gasteiger charge is 2.66. The van der Waals surface area contributed by atoms with Crippen molar-refractivity contribution in [3.05, 3.63) is 141 Å². The van der Waals surface area contributed by atoms with Crippen LogP contribution in [0.4, 0.5) is 26.3 Å². The third-order valence-corrected chi connectivity index (χ3v) is 26.2. The Bertz CT molecular complexity index is 4540. The number of rotatable bonds is 18.